The van der Waals surface area contributed by atoms with Crippen LogP contribution in [0.2, 0.25) is 5.02 Å². The van der Waals surface area contributed by atoms with Gasteiger partial charge in [-0.2, -0.15) is 0 Å². The Bertz CT molecular complexity index is 606. The van der Waals surface area contributed by atoms with Crippen LogP contribution in [0.15, 0.2) is 12.3 Å². The fraction of sp³-hybridized carbons (Fsp3) is 0.462. The molecule has 96 valence electrons. The first-order chi connectivity index (χ1) is 8.58. The van der Waals surface area contributed by atoms with Gasteiger partial charge in [-0.05, 0) is 19.9 Å². The van der Waals surface area contributed by atoms with Gasteiger partial charge in [0.2, 0.25) is 0 Å². The molecule has 0 bridgehead atoms. The van der Waals surface area contributed by atoms with E-state index in [4.69, 9.17) is 11.6 Å². The van der Waals surface area contributed by atoms with Crippen LogP contribution in [0.4, 0.5) is 4.39 Å². The number of nitrogens with zero attached hydrogens (tertiary/aromatic N) is 3. The molecule has 0 N–H and O–H groups in total. The fourth-order valence-corrected chi connectivity index (χ4v) is 2.68. The Labute approximate surface area is 110 Å². The SMILES string of the molecule is CC(C)N1CCn2c(cc3c(F)c(Cl)cnc32)C1. The van der Waals surface area contributed by atoms with Gasteiger partial charge in [-0.15, -0.1) is 0 Å². The van der Waals surface area contributed by atoms with E-state index in [1.807, 2.05) is 6.07 Å². The van der Waals surface area contributed by atoms with E-state index in [-0.39, 0.29) is 10.8 Å². The summed E-state index contributed by atoms with van der Waals surface area (Å²) in [6.45, 7) is 7.01. The van der Waals surface area contributed by atoms with E-state index < -0.39 is 0 Å². The van der Waals surface area contributed by atoms with Gasteiger partial charge >= 0.3 is 0 Å². The van der Waals surface area contributed by atoms with Crippen molar-refractivity contribution in [2.45, 2.75) is 33.0 Å². The van der Waals surface area contributed by atoms with Crippen molar-refractivity contribution in [1.29, 1.82) is 0 Å². The smallest absolute Gasteiger partial charge is 0.154 e. The molecule has 3 heterocycles. The second-order valence-electron chi connectivity index (χ2n) is 5.01. The molecule has 1 aliphatic heterocycles. The Morgan fingerprint density at radius 3 is 2.89 bits per heavy atom. The van der Waals surface area contributed by atoms with Crippen molar-refractivity contribution in [3.63, 3.8) is 0 Å². The molecule has 0 fully saturated rings. The van der Waals surface area contributed by atoms with Crippen molar-refractivity contribution in [2.75, 3.05) is 6.54 Å². The summed E-state index contributed by atoms with van der Waals surface area (Å²) < 4.78 is 16.0. The lowest BCUT2D eigenvalue weighted by Crippen LogP contribution is -2.38. The second-order valence-corrected chi connectivity index (χ2v) is 5.42. The molecule has 0 aromatic carbocycles. The Hall–Kier alpha value is -1.13. The zero-order chi connectivity index (χ0) is 12.9. The van der Waals surface area contributed by atoms with Crippen molar-refractivity contribution < 1.29 is 4.39 Å². The zero-order valence-electron chi connectivity index (χ0n) is 10.5. The number of rotatable bonds is 1. The second kappa shape index (κ2) is 4.21. The maximum Gasteiger partial charge on any atom is 0.154 e. The molecule has 3 rings (SSSR count). The molecule has 0 amide bonds. The zero-order valence-corrected chi connectivity index (χ0v) is 11.2. The van der Waals surface area contributed by atoms with E-state index in [2.05, 4.69) is 28.3 Å². The van der Waals surface area contributed by atoms with Gasteiger partial charge in [0.1, 0.15) is 5.65 Å². The molecule has 0 atom stereocenters. The minimum atomic E-state index is -0.361. The van der Waals surface area contributed by atoms with Crippen molar-refractivity contribution >= 4 is 22.6 Å². The summed E-state index contributed by atoms with van der Waals surface area (Å²) in [5.41, 5.74) is 1.81. The first-order valence-electron chi connectivity index (χ1n) is 6.14. The summed E-state index contributed by atoms with van der Waals surface area (Å²) in [4.78, 5) is 6.63. The lowest BCUT2D eigenvalue weighted by atomic mass is 10.2. The van der Waals surface area contributed by atoms with Crippen molar-refractivity contribution in [2.24, 2.45) is 0 Å². The van der Waals surface area contributed by atoms with Gasteiger partial charge < -0.3 is 4.57 Å². The quantitative estimate of drug-likeness (QED) is 0.792. The lowest BCUT2D eigenvalue weighted by molar-refractivity contribution is 0.178. The number of hydrogen-bond donors (Lipinski definition) is 0. The first kappa shape index (κ1) is 11.9. The summed E-state index contributed by atoms with van der Waals surface area (Å²) in [6, 6.07) is 2.37. The third kappa shape index (κ3) is 1.71. The average molecular weight is 268 g/mol. The normalized spacial score (nSPS) is 16.5. The van der Waals surface area contributed by atoms with Crippen LogP contribution in [0, 0.1) is 5.82 Å². The minimum absolute atomic E-state index is 0.0890. The van der Waals surface area contributed by atoms with Crippen LogP contribution in [0.3, 0.4) is 0 Å². The highest BCUT2D eigenvalue weighted by Crippen LogP contribution is 2.28. The monoisotopic (exact) mass is 267 g/mol. The number of aromatic nitrogens is 2. The Balaban J connectivity index is 2.12. The Kier molecular flexibility index (Phi) is 2.79. The lowest BCUT2D eigenvalue weighted by Gasteiger charge is -2.31. The van der Waals surface area contributed by atoms with Crippen LogP contribution in [0.25, 0.3) is 11.0 Å². The fourth-order valence-electron chi connectivity index (χ4n) is 2.53. The highest BCUT2D eigenvalue weighted by atomic mass is 35.5. The number of pyridine rings is 1. The van der Waals surface area contributed by atoms with Crippen molar-refractivity contribution in [3.05, 3.63) is 28.8 Å². The van der Waals surface area contributed by atoms with E-state index in [0.717, 1.165) is 25.3 Å². The van der Waals surface area contributed by atoms with Gasteiger partial charge in [0.25, 0.3) is 0 Å². The third-order valence-electron chi connectivity index (χ3n) is 3.61. The molecule has 5 heteroatoms. The maximum absolute atomic E-state index is 13.9. The largest absolute Gasteiger partial charge is 0.327 e. The van der Waals surface area contributed by atoms with Gasteiger partial charge in [0.05, 0.1) is 16.6 Å². The molecule has 0 aliphatic carbocycles. The molecule has 18 heavy (non-hydrogen) atoms. The third-order valence-corrected chi connectivity index (χ3v) is 3.87. The molecule has 0 spiro atoms. The highest BCUT2D eigenvalue weighted by molar-refractivity contribution is 6.31. The van der Waals surface area contributed by atoms with Crippen LogP contribution in [-0.4, -0.2) is 27.0 Å². The topological polar surface area (TPSA) is 21.1 Å². The van der Waals surface area contributed by atoms with Crippen LogP contribution in [0.1, 0.15) is 19.5 Å². The summed E-state index contributed by atoms with van der Waals surface area (Å²) in [5.74, 6) is -0.361. The Morgan fingerprint density at radius 1 is 1.39 bits per heavy atom. The summed E-state index contributed by atoms with van der Waals surface area (Å²) in [6.07, 6.45) is 1.39. The molecule has 1 aliphatic rings. The predicted octanol–water partition coefficient (Wildman–Crippen LogP) is 3.05. The maximum atomic E-state index is 13.9. The minimum Gasteiger partial charge on any atom is -0.327 e. The predicted molar refractivity (Wildman–Crippen MR) is 70.2 cm³/mol. The molecule has 0 saturated heterocycles. The average Bonchev–Trinajstić information content (AvgIpc) is 2.72. The van der Waals surface area contributed by atoms with E-state index in [1.54, 1.807) is 0 Å². The van der Waals surface area contributed by atoms with Crippen LogP contribution < -0.4 is 0 Å². The molecule has 2 aromatic rings. The van der Waals surface area contributed by atoms with Crippen molar-refractivity contribution in [1.82, 2.24) is 14.5 Å². The number of halogens is 2. The van der Waals surface area contributed by atoms with Crippen LogP contribution >= 0.6 is 11.6 Å². The van der Waals surface area contributed by atoms with Gasteiger partial charge in [-0.1, -0.05) is 11.6 Å². The van der Waals surface area contributed by atoms with Gasteiger partial charge in [0.15, 0.2) is 5.82 Å². The van der Waals surface area contributed by atoms with E-state index >= 15 is 0 Å². The summed E-state index contributed by atoms with van der Waals surface area (Å²) >= 11 is 5.77. The molecular weight excluding hydrogens is 253 g/mol. The molecule has 0 saturated carbocycles. The number of hydrogen-bond acceptors (Lipinski definition) is 2. The first-order valence-corrected chi connectivity index (χ1v) is 6.52. The van der Waals surface area contributed by atoms with Gasteiger partial charge in [-0.3, -0.25) is 4.90 Å². The van der Waals surface area contributed by atoms with E-state index in [9.17, 15) is 4.39 Å². The van der Waals surface area contributed by atoms with Gasteiger partial charge in [-0.25, -0.2) is 9.37 Å². The van der Waals surface area contributed by atoms with Gasteiger partial charge in [0, 0.05) is 31.4 Å². The molecule has 3 nitrogen and oxygen atoms in total. The highest BCUT2D eigenvalue weighted by Gasteiger charge is 2.22. The van der Waals surface area contributed by atoms with E-state index in [0.29, 0.717) is 17.1 Å². The summed E-state index contributed by atoms with van der Waals surface area (Å²) in [5, 5.41) is 0.620. The molecule has 0 radical (unpaired) electrons. The van der Waals surface area contributed by atoms with E-state index in [1.165, 1.54) is 6.20 Å². The molecule has 2 aromatic heterocycles. The molecule has 0 unspecified atom stereocenters. The standard InChI is InChI=1S/C13H15ClFN3/c1-8(2)17-3-4-18-9(7-17)5-10-12(15)11(14)6-16-13(10)18/h5-6,8H,3-4,7H2,1-2H3. The number of fused-ring (bicyclic) bond motifs is 3. The molecular formula is C13H15ClFN3. The van der Waals surface area contributed by atoms with Crippen LogP contribution in [0.5, 0.6) is 0 Å². The summed E-state index contributed by atoms with van der Waals surface area (Å²) in [7, 11) is 0. The van der Waals surface area contributed by atoms with Crippen LogP contribution in [-0.2, 0) is 13.1 Å². The van der Waals surface area contributed by atoms with Crippen molar-refractivity contribution in [3.8, 4) is 0 Å². The Morgan fingerprint density at radius 2 is 2.17 bits per heavy atom.